The SMILES string of the molecule is c1ccc(-c2ccc(-c3nc(-c4ccccc4)nc(-n4c5ccccc5c5ccccc54)n3)c(-n3c4ccccc4c4c(-c5cccc6c5c5ccc(-c7ccccc7)cc5n6-c5ccccc5)cccc43)c2)cc1. The molecule has 0 unspecified atom stereocenters. The Morgan fingerprint density at radius 3 is 1.31 bits per heavy atom. The number of aromatic nitrogens is 6. The van der Waals surface area contributed by atoms with Gasteiger partial charge < -0.3 is 9.13 Å². The summed E-state index contributed by atoms with van der Waals surface area (Å²) in [6, 6.07) is 95.3. The number of benzene rings is 11. The minimum atomic E-state index is 0.553. The molecule has 0 amide bonds. The Morgan fingerprint density at radius 1 is 0.240 bits per heavy atom. The number of hydrogen-bond donors (Lipinski definition) is 0. The van der Waals surface area contributed by atoms with E-state index in [0.717, 1.165) is 88.5 Å². The Kier molecular flexibility index (Phi) is 9.78. The van der Waals surface area contributed by atoms with Crippen LogP contribution in [0.4, 0.5) is 0 Å². The molecule has 0 spiro atoms. The van der Waals surface area contributed by atoms with E-state index >= 15 is 0 Å². The number of rotatable bonds is 8. The molecule has 75 heavy (non-hydrogen) atoms. The summed E-state index contributed by atoms with van der Waals surface area (Å²) in [5, 5.41) is 7.02. The van der Waals surface area contributed by atoms with Crippen LogP contribution >= 0.6 is 0 Å². The molecule has 0 bridgehead atoms. The van der Waals surface area contributed by atoms with Crippen LogP contribution in [0.2, 0.25) is 0 Å². The maximum Gasteiger partial charge on any atom is 0.238 e. The molecule has 0 saturated heterocycles. The molecule has 0 fully saturated rings. The first-order valence-electron chi connectivity index (χ1n) is 25.4. The summed E-state index contributed by atoms with van der Waals surface area (Å²) in [6.07, 6.45) is 0. The van der Waals surface area contributed by atoms with E-state index in [4.69, 9.17) is 15.0 Å². The highest BCUT2D eigenvalue weighted by Crippen LogP contribution is 2.46. The summed E-state index contributed by atoms with van der Waals surface area (Å²) in [5.41, 5.74) is 17.3. The predicted octanol–water partition coefficient (Wildman–Crippen LogP) is 17.5. The van der Waals surface area contributed by atoms with Gasteiger partial charge >= 0.3 is 0 Å². The fourth-order valence-corrected chi connectivity index (χ4v) is 11.6. The van der Waals surface area contributed by atoms with Gasteiger partial charge in [0.1, 0.15) is 0 Å². The second kappa shape index (κ2) is 17.3. The van der Waals surface area contributed by atoms with E-state index in [0.29, 0.717) is 17.6 Å². The van der Waals surface area contributed by atoms with Crippen LogP contribution in [-0.2, 0) is 0 Å². The Labute approximate surface area is 432 Å². The Balaban J connectivity index is 1.01. The normalized spacial score (nSPS) is 11.7. The molecule has 0 aliphatic heterocycles. The van der Waals surface area contributed by atoms with Gasteiger partial charge in [0, 0.05) is 49.1 Å². The fraction of sp³-hybridized carbons (Fsp3) is 0. The molecule has 11 aromatic carbocycles. The van der Waals surface area contributed by atoms with E-state index < -0.39 is 0 Å². The molecular formula is C69H44N6. The van der Waals surface area contributed by atoms with Crippen molar-refractivity contribution in [1.29, 1.82) is 0 Å². The highest BCUT2D eigenvalue weighted by molar-refractivity contribution is 6.22. The summed E-state index contributed by atoms with van der Waals surface area (Å²) in [7, 11) is 0. The van der Waals surface area contributed by atoms with Crippen molar-refractivity contribution in [2.45, 2.75) is 0 Å². The van der Waals surface area contributed by atoms with Crippen LogP contribution < -0.4 is 0 Å². The van der Waals surface area contributed by atoms with Gasteiger partial charge in [0.2, 0.25) is 5.95 Å². The van der Waals surface area contributed by atoms with Gasteiger partial charge in [0.05, 0.1) is 38.8 Å². The van der Waals surface area contributed by atoms with E-state index in [1.165, 1.54) is 32.8 Å². The summed E-state index contributed by atoms with van der Waals surface area (Å²) < 4.78 is 7.05. The van der Waals surface area contributed by atoms with E-state index in [1.807, 2.05) is 18.2 Å². The summed E-state index contributed by atoms with van der Waals surface area (Å²) in [4.78, 5) is 16.2. The van der Waals surface area contributed by atoms with E-state index in [1.54, 1.807) is 0 Å². The van der Waals surface area contributed by atoms with E-state index in [9.17, 15) is 0 Å². The van der Waals surface area contributed by atoms with Crippen molar-refractivity contribution >= 4 is 65.4 Å². The molecule has 6 nitrogen and oxygen atoms in total. The zero-order valence-corrected chi connectivity index (χ0v) is 40.6. The quantitative estimate of drug-likeness (QED) is 0.152. The molecular weight excluding hydrogens is 913 g/mol. The number of fused-ring (bicyclic) bond motifs is 9. The molecule has 0 aliphatic rings. The van der Waals surface area contributed by atoms with Gasteiger partial charge in [-0.1, -0.05) is 206 Å². The zero-order valence-electron chi connectivity index (χ0n) is 40.6. The van der Waals surface area contributed by atoms with Crippen molar-refractivity contribution in [3.8, 4) is 73.5 Å². The highest BCUT2D eigenvalue weighted by atomic mass is 15.2. The molecule has 15 rings (SSSR count). The molecule has 0 N–H and O–H groups in total. The first-order chi connectivity index (χ1) is 37.2. The second-order valence-corrected chi connectivity index (χ2v) is 19.1. The fourth-order valence-electron chi connectivity index (χ4n) is 11.6. The maximum atomic E-state index is 5.51. The Bertz CT molecular complexity index is 4630. The van der Waals surface area contributed by atoms with Gasteiger partial charge in [-0.25, -0.2) is 4.98 Å². The van der Waals surface area contributed by atoms with Gasteiger partial charge in [-0.05, 0) is 94.0 Å². The summed E-state index contributed by atoms with van der Waals surface area (Å²) in [5.74, 6) is 1.72. The van der Waals surface area contributed by atoms with Crippen molar-refractivity contribution < 1.29 is 0 Å². The smallest absolute Gasteiger partial charge is 0.238 e. The topological polar surface area (TPSA) is 53.5 Å². The lowest BCUT2D eigenvalue weighted by atomic mass is 9.95. The van der Waals surface area contributed by atoms with Crippen LogP contribution in [-0.4, -0.2) is 28.7 Å². The average molecular weight is 957 g/mol. The molecule has 0 saturated carbocycles. The van der Waals surface area contributed by atoms with Gasteiger partial charge in [0.25, 0.3) is 0 Å². The van der Waals surface area contributed by atoms with Gasteiger partial charge in [-0.3, -0.25) is 4.57 Å². The standard InChI is InChI=1S/C69H44N6/c1-5-21-45(22-6-1)48-39-41-56-63(43-48)73(50-27-11-4-12-28-50)61-37-19-32-54(66(56)61)53-33-20-38-62-65(53)55-31-15-18-36-60(55)74(62)64-44-49(46-23-7-2-8-24-46)40-42-57(64)68-70-67(47-25-9-3-10-26-47)71-69(72-68)75-58-34-16-13-29-51(58)52-30-14-17-35-59(52)75/h1-44H. The minimum absolute atomic E-state index is 0.553. The summed E-state index contributed by atoms with van der Waals surface area (Å²) >= 11 is 0. The Hall–Kier alpha value is -10.2. The largest absolute Gasteiger partial charge is 0.309 e. The van der Waals surface area contributed by atoms with Gasteiger partial charge in [-0.2, -0.15) is 9.97 Å². The van der Waals surface area contributed by atoms with Crippen LogP contribution in [0.15, 0.2) is 267 Å². The monoisotopic (exact) mass is 956 g/mol. The van der Waals surface area contributed by atoms with Crippen molar-refractivity contribution in [3.63, 3.8) is 0 Å². The lowest BCUT2D eigenvalue weighted by Gasteiger charge is -2.17. The predicted molar refractivity (Wildman–Crippen MR) is 310 cm³/mol. The molecule has 0 aliphatic carbocycles. The number of para-hydroxylation sites is 4. The van der Waals surface area contributed by atoms with Crippen LogP contribution in [0.1, 0.15) is 0 Å². The van der Waals surface area contributed by atoms with Crippen molar-refractivity contribution in [2.24, 2.45) is 0 Å². The van der Waals surface area contributed by atoms with Crippen molar-refractivity contribution in [2.75, 3.05) is 0 Å². The average Bonchev–Trinajstić information content (AvgIpc) is 4.21. The third-order valence-electron chi connectivity index (χ3n) is 14.9. The number of nitrogens with zero attached hydrogens (tertiary/aromatic N) is 6. The van der Waals surface area contributed by atoms with Crippen molar-refractivity contribution in [3.05, 3.63) is 267 Å². The molecule has 0 atom stereocenters. The molecule has 0 radical (unpaired) electrons. The highest BCUT2D eigenvalue weighted by Gasteiger charge is 2.25. The first kappa shape index (κ1) is 42.5. The number of hydrogen-bond acceptors (Lipinski definition) is 3. The Morgan fingerprint density at radius 2 is 0.693 bits per heavy atom. The van der Waals surface area contributed by atoms with Crippen LogP contribution in [0.3, 0.4) is 0 Å². The minimum Gasteiger partial charge on any atom is -0.309 e. The lowest BCUT2D eigenvalue weighted by Crippen LogP contribution is -2.08. The zero-order chi connectivity index (χ0) is 49.4. The first-order valence-corrected chi connectivity index (χ1v) is 25.4. The van der Waals surface area contributed by atoms with Gasteiger partial charge in [-0.15, -0.1) is 0 Å². The van der Waals surface area contributed by atoms with Gasteiger partial charge in [0.15, 0.2) is 11.6 Å². The second-order valence-electron chi connectivity index (χ2n) is 19.1. The van der Waals surface area contributed by atoms with Crippen LogP contribution in [0.5, 0.6) is 0 Å². The molecule has 4 heterocycles. The van der Waals surface area contributed by atoms with Crippen molar-refractivity contribution in [1.82, 2.24) is 28.7 Å². The molecule has 15 aromatic rings. The third kappa shape index (κ3) is 6.84. The molecule has 350 valence electrons. The maximum absolute atomic E-state index is 5.51. The van der Waals surface area contributed by atoms with E-state index in [-0.39, 0.29) is 0 Å². The lowest BCUT2D eigenvalue weighted by molar-refractivity contribution is 0.952. The van der Waals surface area contributed by atoms with E-state index in [2.05, 4.69) is 262 Å². The van der Waals surface area contributed by atoms with Crippen LogP contribution in [0, 0.1) is 0 Å². The van der Waals surface area contributed by atoms with Crippen LogP contribution in [0.25, 0.3) is 139 Å². The molecule has 4 aromatic heterocycles. The molecule has 6 heteroatoms. The third-order valence-corrected chi connectivity index (χ3v) is 14.9. The summed E-state index contributed by atoms with van der Waals surface area (Å²) in [6.45, 7) is 0.